The molecular weight excluding hydrogens is 288 g/mol. The average Bonchev–Trinajstić information content (AvgIpc) is 2.58. The van der Waals surface area contributed by atoms with Crippen LogP contribution in [0.1, 0.15) is 40.1 Å². The van der Waals surface area contributed by atoms with E-state index in [1.807, 2.05) is 45.0 Å². The van der Waals surface area contributed by atoms with Crippen LogP contribution in [0.3, 0.4) is 0 Å². The molecule has 0 aliphatic carbocycles. The van der Waals surface area contributed by atoms with Crippen LogP contribution >= 0.6 is 0 Å². The van der Waals surface area contributed by atoms with Crippen molar-refractivity contribution in [3.05, 3.63) is 65.2 Å². The molecule has 120 valence electrons. The smallest absolute Gasteiger partial charge is 0.255 e. The maximum Gasteiger partial charge on any atom is 0.255 e. The molecule has 0 aliphatic heterocycles. The zero-order valence-electron chi connectivity index (χ0n) is 13.8. The van der Waals surface area contributed by atoms with Gasteiger partial charge in [0.1, 0.15) is 0 Å². The van der Waals surface area contributed by atoms with Gasteiger partial charge < -0.3 is 10.2 Å². The Morgan fingerprint density at radius 3 is 2.22 bits per heavy atom. The fourth-order valence-corrected chi connectivity index (χ4v) is 2.37. The van der Waals surface area contributed by atoms with Gasteiger partial charge in [0, 0.05) is 29.9 Å². The molecule has 0 saturated carbocycles. The number of benzene rings is 2. The number of aryl methyl sites for hydroxylation is 1. The van der Waals surface area contributed by atoms with Crippen LogP contribution in [0.5, 0.6) is 0 Å². The van der Waals surface area contributed by atoms with Gasteiger partial charge in [0.2, 0.25) is 0 Å². The Hall–Kier alpha value is -2.62. The fourth-order valence-electron chi connectivity index (χ4n) is 2.37. The molecule has 0 atom stereocenters. The standard InChI is InChI=1S/C19H22N2O2/c1-4-21(5-2)19(23)16-12-11-14(3)17(13-16)20-18(22)15-9-7-6-8-10-15/h6-13H,4-5H2,1-3H3,(H,20,22). The number of rotatable bonds is 5. The van der Waals surface area contributed by atoms with Gasteiger partial charge in [-0.05, 0) is 50.6 Å². The molecule has 2 rings (SSSR count). The van der Waals surface area contributed by atoms with E-state index in [2.05, 4.69) is 5.32 Å². The number of hydrogen-bond acceptors (Lipinski definition) is 2. The minimum absolute atomic E-state index is 0.0230. The molecule has 0 spiro atoms. The normalized spacial score (nSPS) is 10.2. The molecule has 4 nitrogen and oxygen atoms in total. The lowest BCUT2D eigenvalue weighted by Crippen LogP contribution is -2.30. The molecule has 0 heterocycles. The highest BCUT2D eigenvalue weighted by Gasteiger charge is 2.15. The third-order valence-electron chi connectivity index (χ3n) is 3.82. The quantitative estimate of drug-likeness (QED) is 0.915. The first-order valence-electron chi connectivity index (χ1n) is 7.83. The van der Waals surface area contributed by atoms with Gasteiger partial charge in [-0.1, -0.05) is 24.3 Å². The van der Waals surface area contributed by atoms with Crippen molar-refractivity contribution in [3.8, 4) is 0 Å². The van der Waals surface area contributed by atoms with Crippen molar-refractivity contribution in [2.24, 2.45) is 0 Å². The first-order valence-corrected chi connectivity index (χ1v) is 7.83. The van der Waals surface area contributed by atoms with Gasteiger partial charge in [-0.15, -0.1) is 0 Å². The summed E-state index contributed by atoms with van der Waals surface area (Å²) in [6, 6.07) is 14.4. The second kappa shape index (κ2) is 7.58. The molecule has 2 aromatic carbocycles. The minimum Gasteiger partial charge on any atom is -0.339 e. The molecule has 4 heteroatoms. The molecule has 0 bridgehead atoms. The number of anilines is 1. The van der Waals surface area contributed by atoms with Crippen molar-refractivity contribution < 1.29 is 9.59 Å². The Labute approximate surface area is 137 Å². The van der Waals surface area contributed by atoms with E-state index in [-0.39, 0.29) is 11.8 Å². The number of nitrogens with zero attached hydrogens (tertiary/aromatic N) is 1. The number of hydrogen-bond donors (Lipinski definition) is 1. The Balaban J connectivity index is 2.24. The van der Waals surface area contributed by atoms with Gasteiger partial charge in [0.05, 0.1) is 0 Å². The Morgan fingerprint density at radius 1 is 0.957 bits per heavy atom. The molecule has 0 radical (unpaired) electrons. The molecule has 2 aromatic rings. The number of carbonyl (C=O) groups excluding carboxylic acids is 2. The zero-order chi connectivity index (χ0) is 16.8. The Bertz CT molecular complexity index is 692. The molecule has 0 unspecified atom stereocenters. The van der Waals surface area contributed by atoms with Crippen LogP contribution in [0.4, 0.5) is 5.69 Å². The maximum absolute atomic E-state index is 12.4. The highest BCUT2D eigenvalue weighted by atomic mass is 16.2. The number of carbonyl (C=O) groups is 2. The van der Waals surface area contributed by atoms with Crippen LogP contribution in [0.25, 0.3) is 0 Å². The molecule has 0 saturated heterocycles. The van der Waals surface area contributed by atoms with Crippen molar-refractivity contribution in [2.45, 2.75) is 20.8 Å². The molecule has 0 aromatic heterocycles. The van der Waals surface area contributed by atoms with Crippen LogP contribution in [0, 0.1) is 6.92 Å². The predicted molar refractivity (Wildman–Crippen MR) is 92.8 cm³/mol. The van der Waals surface area contributed by atoms with Crippen molar-refractivity contribution in [1.29, 1.82) is 0 Å². The van der Waals surface area contributed by atoms with Crippen LogP contribution in [-0.2, 0) is 0 Å². The van der Waals surface area contributed by atoms with Gasteiger partial charge in [-0.25, -0.2) is 0 Å². The summed E-state index contributed by atoms with van der Waals surface area (Å²) in [5.41, 5.74) is 2.76. The van der Waals surface area contributed by atoms with E-state index in [0.717, 1.165) is 5.56 Å². The first-order chi connectivity index (χ1) is 11.1. The van der Waals surface area contributed by atoms with E-state index in [0.29, 0.717) is 29.9 Å². The second-order valence-corrected chi connectivity index (χ2v) is 5.33. The maximum atomic E-state index is 12.4. The molecule has 0 aliphatic rings. The van der Waals surface area contributed by atoms with Crippen molar-refractivity contribution in [3.63, 3.8) is 0 Å². The van der Waals surface area contributed by atoms with E-state index in [1.54, 1.807) is 29.2 Å². The summed E-state index contributed by atoms with van der Waals surface area (Å²) >= 11 is 0. The van der Waals surface area contributed by atoms with Gasteiger partial charge in [-0.3, -0.25) is 9.59 Å². The zero-order valence-corrected chi connectivity index (χ0v) is 13.8. The van der Waals surface area contributed by atoms with Crippen LogP contribution in [-0.4, -0.2) is 29.8 Å². The summed E-state index contributed by atoms with van der Waals surface area (Å²) < 4.78 is 0. The largest absolute Gasteiger partial charge is 0.339 e. The van der Waals surface area contributed by atoms with E-state index in [1.165, 1.54) is 0 Å². The van der Waals surface area contributed by atoms with E-state index in [9.17, 15) is 9.59 Å². The average molecular weight is 310 g/mol. The summed E-state index contributed by atoms with van der Waals surface area (Å²) in [6.45, 7) is 7.14. The lowest BCUT2D eigenvalue weighted by Gasteiger charge is -2.19. The fraction of sp³-hybridized carbons (Fsp3) is 0.263. The van der Waals surface area contributed by atoms with Crippen LogP contribution in [0.15, 0.2) is 48.5 Å². The minimum atomic E-state index is -0.180. The summed E-state index contributed by atoms with van der Waals surface area (Å²) in [7, 11) is 0. The van der Waals surface area contributed by atoms with Gasteiger partial charge >= 0.3 is 0 Å². The Morgan fingerprint density at radius 2 is 1.61 bits per heavy atom. The first kappa shape index (κ1) is 16.7. The highest BCUT2D eigenvalue weighted by Crippen LogP contribution is 2.19. The third kappa shape index (κ3) is 3.97. The second-order valence-electron chi connectivity index (χ2n) is 5.33. The molecule has 2 amide bonds. The molecule has 23 heavy (non-hydrogen) atoms. The molecule has 0 fully saturated rings. The van der Waals surface area contributed by atoms with Gasteiger partial charge in [0.15, 0.2) is 0 Å². The topological polar surface area (TPSA) is 49.4 Å². The highest BCUT2D eigenvalue weighted by molar-refractivity contribution is 6.05. The van der Waals surface area contributed by atoms with Crippen molar-refractivity contribution in [1.82, 2.24) is 4.90 Å². The van der Waals surface area contributed by atoms with E-state index < -0.39 is 0 Å². The number of amides is 2. The summed E-state index contributed by atoms with van der Waals surface area (Å²) in [6.07, 6.45) is 0. The summed E-state index contributed by atoms with van der Waals surface area (Å²) in [4.78, 5) is 26.5. The SMILES string of the molecule is CCN(CC)C(=O)c1ccc(C)c(NC(=O)c2ccccc2)c1. The number of nitrogens with one attached hydrogen (secondary N) is 1. The van der Waals surface area contributed by atoms with Crippen LogP contribution in [0.2, 0.25) is 0 Å². The van der Waals surface area contributed by atoms with Crippen LogP contribution < -0.4 is 5.32 Å². The molecule has 1 N–H and O–H groups in total. The monoisotopic (exact) mass is 310 g/mol. The Kier molecular flexibility index (Phi) is 5.52. The van der Waals surface area contributed by atoms with Gasteiger partial charge in [0.25, 0.3) is 11.8 Å². The molecular formula is C19H22N2O2. The van der Waals surface area contributed by atoms with E-state index >= 15 is 0 Å². The summed E-state index contributed by atoms with van der Waals surface area (Å²) in [5.74, 6) is -0.202. The third-order valence-corrected chi connectivity index (χ3v) is 3.82. The lowest BCUT2D eigenvalue weighted by molar-refractivity contribution is 0.0772. The van der Waals surface area contributed by atoms with Crippen molar-refractivity contribution in [2.75, 3.05) is 18.4 Å². The van der Waals surface area contributed by atoms with Crippen molar-refractivity contribution >= 4 is 17.5 Å². The summed E-state index contributed by atoms with van der Waals surface area (Å²) in [5, 5.41) is 2.89. The van der Waals surface area contributed by atoms with E-state index in [4.69, 9.17) is 0 Å². The predicted octanol–water partition coefficient (Wildman–Crippen LogP) is 3.73. The van der Waals surface area contributed by atoms with Gasteiger partial charge in [-0.2, -0.15) is 0 Å². The lowest BCUT2D eigenvalue weighted by atomic mass is 10.1.